The van der Waals surface area contributed by atoms with Gasteiger partial charge in [-0.05, 0) is 43.2 Å². The van der Waals surface area contributed by atoms with Gasteiger partial charge < -0.3 is 10.1 Å². The fourth-order valence-electron chi connectivity index (χ4n) is 2.56. The van der Waals surface area contributed by atoms with E-state index in [1.54, 1.807) is 12.1 Å². The number of alkyl halides is 3. The SMILES string of the molecule is CC1(C)CCC(Nc2cccc(OC(F)(F)F)c2)CC1. The summed E-state index contributed by atoms with van der Waals surface area (Å²) in [6.45, 7) is 4.50. The maximum atomic E-state index is 12.2. The molecule has 0 aliphatic heterocycles. The molecule has 2 nitrogen and oxygen atoms in total. The minimum absolute atomic E-state index is 0.182. The molecule has 0 bridgehead atoms. The Hall–Kier alpha value is -1.39. The molecule has 5 heteroatoms. The lowest BCUT2D eigenvalue weighted by atomic mass is 9.75. The lowest BCUT2D eigenvalue weighted by Crippen LogP contribution is -2.29. The first-order chi connectivity index (χ1) is 9.23. The molecule has 0 aromatic heterocycles. The Bertz CT molecular complexity index is 447. The Morgan fingerprint density at radius 2 is 1.85 bits per heavy atom. The predicted molar refractivity (Wildman–Crippen MR) is 72.8 cm³/mol. The zero-order valence-corrected chi connectivity index (χ0v) is 11.8. The van der Waals surface area contributed by atoms with Crippen molar-refractivity contribution in [3.63, 3.8) is 0 Å². The van der Waals surface area contributed by atoms with Gasteiger partial charge in [0.05, 0.1) is 0 Å². The molecule has 1 N–H and O–H groups in total. The number of benzene rings is 1. The second-order valence-corrected chi connectivity index (χ2v) is 6.16. The number of hydrogen-bond donors (Lipinski definition) is 1. The van der Waals surface area contributed by atoms with E-state index in [0.29, 0.717) is 17.1 Å². The zero-order chi connectivity index (χ0) is 14.8. The van der Waals surface area contributed by atoms with Gasteiger partial charge in [0.2, 0.25) is 0 Å². The Morgan fingerprint density at radius 1 is 1.20 bits per heavy atom. The summed E-state index contributed by atoms with van der Waals surface area (Å²) in [5.41, 5.74) is 1.05. The minimum atomic E-state index is -4.65. The van der Waals surface area contributed by atoms with Crippen LogP contribution < -0.4 is 10.1 Å². The van der Waals surface area contributed by atoms with Crippen LogP contribution in [0.25, 0.3) is 0 Å². The molecule has 112 valence electrons. The maximum absolute atomic E-state index is 12.2. The zero-order valence-electron chi connectivity index (χ0n) is 11.8. The Kier molecular flexibility index (Phi) is 4.16. The molecule has 1 aliphatic rings. The van der Waals surface area contributed by atoms with E-state index in [-0.39, 0.29) is 5.75 Å². The smallest absolute Gasteiger partial charge is 0.406 e. The van der Waals surface area contributed by atoms with Crippen molar-refractivity contribution in [2.45, 2.75) is 51.9 Å². The summed E-state index contributed by atoms with van der Waals surface area (Å²) in [6, 6.07) is 6.36. The molecule has 0 amide bonds. The summed E-state index contributed by atoms with van der Waals surface area (Å²) in [5, 5.41) is 3.30. The highest BCUT2D eigenvalue weighted by molar-refractivity contribution is 5.49. The van der Waals surface area contributed by atoms with Crippen LogP contribution in [-0.4, -0.2) is 12.4 Å². The molecule has 1 fully saturated rings. The van der Waals surface area contributed by atoms with E-state index in [9.17, 15) is 13.2 Å². The van der Waals surface area contributed by atoms with Gasteiger partial charge in [0.1, 0.15) is 5.75 Å². The number of nitrogens with one attached hydrogen (secondary N) is 1. The third-order valence-corrected chi connectivity index (χ3v) is 3.78. The summed E-state index contributed by atoms with van der Waals surface area (Å²) in [6.07, 6.45) is -0.311. The fraction of sp³-hybridized carbons (Fsp3) is 0.600. The standard InChI is InChI=1S/C15H20F3NO/c1-14(2)8-6-11(7-9-14)19-12-4-3-5-13(10-12)20-15(16,17)18/h3-5,10-11,19H,6-9H2,1-2H3. The highest BCUT2D eigenvalue weighted by atomic mass is 19.4. The summed E-state index contributed by atoms with van der Waals surface area (Å²) in [7, 11) is 0. The molecule has 1 aromatic rings. The van der Waals surface area contributed by atoms with Crippen molar-refractivity contribution in [3.8, 4) is 5.75 Å². The first-order valence-corrected chi connectivity index (χ1v) is 6.86. The van der Waals surface area contributed by atoms with E-state index < -0.39 is 6.36 Å². The van der Waals surface area contributed by atoms with Gasteiger partial charge >= 0.3 is 6.36 Å². The second kappa shape index (κ2) is 5.54. The van der Waals surface area contributed by atoms with Crippen molar-refractivity contribution < 1.29 is 17.9 Å². The Labute approximate surface area is 117 Å². The average molecular weight is 287 g/mol. The normalized spacial score (nSPS) is 19.6. The molecule has 1 aliphatic carbocycles. The minimum Gasteiger partial charge on any atom is -0.406 e. The monoisotopic (exact) mass is 287 g/mol. The van der Waals surface area contributed by atoms with Gasteiger partial charge in [-0.3, -0.25) is 0 Å². The first kappa shape index (κ1) is 15.0. The van der Waals surface area contributed by atoms with E-state index in [1.165, 1.54) is 12.1 Å². The summed E-state index contributed by atoms with van der Waals surface area (Å²) in [4.78, 5) is 0. The summed E-state index contributed by atoms with van der Waals surface area (Å²) >= 11 is 0. The fourth-order valence-corrected chi connectivity index (χ4v) is 2.56. The van der Waals surface area contributed by atoms with Crippen LogP contribution in [0.5, 0.6) is 5.75 Å². The van der Waals surface area contributed by atoms with Crippen molar-refractivity contribution in [3.05, 3.63) is 24.3 Å². The van der Waals surface area contributed by atoms with Crippen molar-refractivity contribution >= 4 is 5.69 Å². The molecule has 0 radical (unpaired) electrons. The van der Waals surface area contributed by atoms with E-state index >= 15 is 0 Å². The quantitative estimate of drug-likeness (QED) is 0.847. The van der Waals surface area contributed by atoms with Crippen LogP contribution in [0.1, 0.15) is 39.5 Å². The van der Waals surface area contributed by atoms with Gasteiger partial charge in [0.25, 0.3) is 0 Å². The first-order valence-electron chi connectivity index (χ1n) is 6.86. The van der Waals surface area contributed by atoms with Gasteiger partial charge in [-0.2, -0.15) is 0 Å². The van der Waals surface area contributed by atoms with Crippen LogP contribution in [0.3, 0.4) is 0 Å². The molecule has 1 saturated carbocycles. The lowest BCUT2D eigenvalue weighted by Gasteiger charge is -2.35. The molecule has 20 heavy (non-hydrogen) atoms. The van der Waals surface area contributed by atoms with Crippen molar-refractivity contribution in [2.75, 3.05) is 5.32 Å². The van der Waals surface area contributed by atoms with Gasteiger partial charge in [-0.15, -0.1) is 13.2 Å². The van der Waals surface area contributed by atoms with Gasteiger partial charge in [-0.1, -0.05) is 19.9 Å². The Balaban J connectivity index is 1.95. The van der Waals surface area contributed by atoms with Crippen LogP contribution in [0.2, 0.25) is 0 Å². The predicted octanol–water partition coefficient (Wildman–Crippen LogP) is 4.97. The maximum Gasteiger partial charge on any atom is 0.573 e. The molecular weight excluding hydrogens is 267 g/mol. The molecule has 2 rings (SSSR count). The summed E-state index contributed by atoms with van der Waals surface area (Å²) in [5.74, 6) is -0.182. The second-order valence-electron chi connectivity index (χ2n) is 6.16. The molecule has 1 aromatic carbocycles. The highest BCUT2D eigenvalue weighted by Crippen LogP contribution is 2.36. The number of ether oxygens (including phenoxy) is 1. The lowest BCUT2D eigenvalue weighted by molar-refractivity contribution is -0.274. The van der Waals surface area contributed by atoms with Gasteiger partial charge in [0.15, 0.2) is 0 Å². The number of hydrogen-bond acceptors (Lipinski definition) is 2. The average Bonchev–Trinajstić information content (AvgIpc) is 2.30. The molecule has 0 saturated heterocycles. The van der Waals surface area contributed by atoms with Crippen molar-refractivity contribution in [1.82, 2.24) is 0 Å². The summed E-state index contributed by atoms with van der Waals surface area (Å²) < 4.78 is 40.4. The van der Waals surface area contributed by atoms with Crippen LogP contribution in [0.4, 0.5) is 18.9 Å². The third-order valence-electron chi connectivity index (χ3n) is 3.78. The van der Waals surface area contributed by atoms with Crippen LogP contribution in [0, 0.1) is 5.41 Å². The highest BCUT2D eigenvalue weighted by Gasteiger charge is 2.31. The van der Waals surface area contributed by atoms with Gasteiger partial charge in [-0.25, -0.2) is 0 Å². The van der Waals surface area contributed by atoms with Crippen molar-refractivity contribution in [1.29, 1.82) is 0 Å². The van der Waals surface area contributed by atoms with Crippen LogP contribution in [0.15, 0.2) is 24.3 Å². The van der Waals surface area contributed by atoms with E-state index in [1.807, 2.05) is 0 Å². The molecule has 0 unspecified atom stereocenters. The topological polar surface area (TPSA) is 21.3 Å². The molecular formula is C15H20F3NO. The van der Waals surface area contributed by atoms with E-state index in [2.05, 4.69) is 23.9 Å². The van der Waals surface area contributed by atoms with Gasteiger partial charge in [0, 0.05) is 17.8 Å². The number of halogens is 3. The third kappa shape index (κ3) is 4.62. The number of anilines is 1. The van der Waals surface area contributed by atoms with Crippen molar-refractivity contribution in [2.24, 2.45) is 5.41 Å². The molecule has 0 spiro atoms. The largest absolute Gasteiger partial charge is 0.573 e. The van der Waals surface area contributed by atoms with Crippen LogP contribution >= 0.6 is 0 Å². The van der Waals surface area contributed by atoms with E-state index in [4.69, 9.17) is 0 Å². The Morgan fingerprint density at radius 3 is 2.45 bits per heavy atom. The van der Waals surface area contributed by atoms with E-state index in [0.717, 1.165) is 25.7 Å². The number of rotatable bonds is 3. The molecule has 0 atom stereocenters. The van der Waals surface area contributed by atoms with Crippen LogP contribution in [-0.2, 0) is 0 Å². The molecule has 0 heterocycles.